The molecule has 1 aliphatic rings. The summed E-state index contributed by atoms with van der Waals surface area (Å²) in [6, 6.07) is 5.46. The number of halogens is 1. The molecule has 1 saturated carbocycles. The SMILES string of the molecule is COc1cccc(C(=O)NC2CCC(Sc3nc(C)cs3)CC2)c1Cl. The quantitative estimate of drug-likeness (QED) is 0.777. The molecule has 0 aliphatic heterocycles. The fourth-order valence-corrected chi connectivity index (χ4v) is 5.54. The molecule has 0 bridgehead atoms. The number of nitrogens with zero attached hydrogens (tertiary/aromatic N) is 1. The first-order valence-electron chi connectivity index (χ1n) is 8.29. The molecule has 0 saturated heterocycles. The molecule has 1 aliphatic carbocycles. The Kier molecular flexibility index (Phi) is 6.25. The third-order valence-electron chi connectivity index (χ3n) is 4.30. The molecule has 0 radical (unpaired) electrons. The number of hydrogen-bond acceptors (Lipinski definition) is 5. The maximum Gasteiger partial charge on any atom is 0.253 e. The van der Waals surface area contributed by atoms with Crippen LogP contribution in [0.5, 0.6) is 5.75 Å². The van der Waals surface area contributed by atoms with Gasteiger partial charge in [-0.25, -0.2) is 4.98 Å². The number of nitrogens with one attached hydrogen (secondary N) is 1. The number of carbonyl (C=O) groups excluding carboxylic acids is 1. The molecule has 1 aromatic heterocycles. The summed E-state index contributed by atoms with van der Waals surface area (Å²) in [7, 11) is 1.55. The van der Waals surface area contributed by atoms with Crippen molar-refractivity contribution in [3.05, 3.63) is 39.9 Å². The lowest BCUT2D eigenvalue weighted by molar-refractivity contribution is 0.0928. The van der Waals surface area contributed by atoms with E-state index in [4.69, 9.17) is 16.3 Å². The standard InChI is InChI=1S/C18H21ClN2O2S2/c1-11-10-24-18(20-11)25-13-8-6-12(7-9-13)21-17(22)14-4-3-5-15(23-2)16(14)19/h3-5,10,12-13H,6-9H2,1-2H3,(H,21,22). The topological polar surface area (TPSA) is 51.2 Å². The van der Waals surface area contributed by atoms with Crippen LogP contribution in [0, 0.1) is 6.92 Å². The molecule has 7 heteroatoms. The van der Waals surface area contributed by atoms with E-state index in [-0.39, 0.29) is 11.9 Å². The Labute approximate surface area is 161 Å². The predicted octanol–water partition coefficient (Wildman–Crippen LogP) is 4.95. The lowest BCUT2D eigenvalue weighted by Crippen LogP contribution is -2.38. The molecule has 134 valence electrons. The zero-order valence-electron chi connectivity index (χ0n) is 14.3. The summed E-state index contributed by atoms with van der Waals surface area (Å²) in [5.41, 5.74) is 1.55. The first kappa shape index (κ1) is 18.5. The highest BCUT2D eigenvalue weighted by atomic mass is 35.5. The Balaban J connectivity index is 1.52. The van der Waals surface area contributed by atoms with E-state index in [1.165, 1.54) is 0 Å². The molecule has 25 heavy (non-hydrogen) atoms. The van der Waals surface area contributed by atoms with Crippen LogP contribution in [-0.2, 0) is 0 Å². The second-order valence-electron chi connectivity index (χ2n) is 6.14. The number of rotatable bonds is 5. The molecule has 0 atom stereocenters. The lowest BCUT2D eigenvalue weighted by atomic mass is 9.94. The number of benzene rings is 1. The number of thiazole rings is 1. The summed E-state index contributed by atoms with van der Waals surface area (Å²) in [6.45, 7) is 2.02. The van der Waals surface area contributed by atoms with Gasteiger partial charge in [-0.2, -0.15) is 0 Å². The molecule has 1 N–H and O–H groups in total. The van der Waals surface area contributed by atoms with Crippen LogP contribution in [0.2, 0.25) is 5.02 Å². The van der Waals surface area contributed by atoms with Gasteiger partial charge in [0.05, 0.1) is 17.7 Å². The second-order valence-corrected chi connectivity index (χ2v) is 8.93. The summed E-state index contributed by atoms with van der Waals surface area (Å²) in [5, 5.41) is 6.15. The van der Waals surface area contributed by atoms with Crippen LogP contribution in [0.3, 0.4) is 0 Å². The van der Waals surface area contributed by atoms with Crippen LogP contribution in [0.25, 0.3) is 0 Å². The monoisotopic (exact) mass is 396 g/mol. The van der Waals surface area contributed by atoms with Gasteiger partial charge in [-0.1, -0.05) is 29.4 Å². The van der Waals surface area contributed by atoms with E-state index >= 15 is 0 Å². The molecule has 1 fully saturated rings. The van der Waals surface area contributed by atoms with Crippen LogP contribution < -0.4 is 10.1 Å². The molecule has 1 heterocycles. The van der Waals surface area contributed by atoms with Gasteiger partial charge in [-0.3, -0.25) is 4.79 Å². The van der Waals surface area contributed by atoms with Crippen molar-refractivity contribution in [2.75, 3.05) is 7.11 Å². The summed E-state index contributed by atoms with van der Waals surface area (Å²) < 4.78 is 6.32. The lowest BCUT2D eigenvalue weighted by Gasteiger charge is -2.28. The van der Waals surface area contributed by atoms with Crippen LogP contribution in [0.4, 0.5) is 0 Å². The molecule has 1 amide bonds. The molecule has 1 aromatic carbocycles. The van der Waals surface area contributed by atoms with Gasteiger partial charge in [0.2, 0.25) is 0 Å². The zero-order chi connectivity index (χ0) is 17.8. The van der Waals surface area contributed by atoms with Gasteiger partial charge in [-0.15, -0.1) is 11.3 Å². The van der Waals surface area contributed by atoms with Gasteiger partial charge in [0.25, 0.3) is 5.91 Å². The number of carbonyl (C=O) groups is 1. The summed E-state index contributed by atoms with van der Waals surface area (Å²) in [6.07, 6.45) is 4.13. The van der Waals surface area contributed by atoms with Crippen molar-refractivity contribution >= 4 is 40.6 Å². The van der Waals surface area contributed by atoms with Crippen molar-refractivity contribution in [1.29, 1.82) is 0 Å². The van der Waals surface area contributed by atoms with Crippen molar-refractivity contribution in [3.8, 4) is 5.75 Å². The Morgan fingerprint density at radius 2 is 2.12 bits per heavy atom. The molecular formula is C18H21ClN2O2S2. The van der Waals surface area contributed by atoms with E-state index in [0.29, 0.717) is 21.6 Å². The van der Waals surface area contributed by atoms with E-state index in [1.54, 1.807) is 36.6 Å². The van der Waals surface area contributed by atoms with Gasteiger partial charge in [-0.05, 0) is 44.7 Å². The largest absolute Gasteiger partial charge is 0.495 e. The Hall–Kier alpha value is -1.24. The predicted molar refractivity (Wildman–Crippen MR) is 104 cm³/mol. The maximum absolute atomic E-state index is 12.5. The van der Waals surface area contributed by atoms with Crippen molar-refractivity contribution in [2.45, 2.75) is 48.2 Å². The van der Waals surface area contributed by atoms with Crippen LogP contribution >= 0.6 is 34.7 Å². The Bertz CT molecular complexity index is 742. The Morgan fingerprint density at radius 3 is 2.76 bits per heavy atom. The first-order chi connectivity index (χ1) is 12.1. The summed E-state index contributed by atoms with van der Waals surface area (Å²) in [4.78, 5) is 17.0. The van der Waals surface area contributed by atoms with E-state index in [0.717, 1.165) is 35.7 Å². The number of aromatic nitrogens is 1. The van der Waals surface area contributed by atoms with Gasteiger partial charge in [0, 0.05) is 22.4 Å². The highest BCUT2D eigenvalue weighted by Gasteiger charge is 2.25. The van der Waals surface area contributed by atoms with Crippen molar-refractivity contribution in [2.24, 2.45) is 0 Å². The molecule has 2 aromatic rings. The Morgan fingerprint density at radius 1 is 1.36 bits per heavy atom. The number of methoxy groups -OCH3 is 1. The third-order valence-corrected chi connectivity index (χ3v) is 7.12. The van der Waals surface area contributed by atoms with Crippen LogP contribution in [0.15, 0.2) is 27.9 Å². The zero-order valence-corrected chi connectivity index (χ0v) is 16.6. The van der Waals surface area contributed by atoms with E-state index in [2.05, 4.69) is 15.7 Å². The van der Waals surface area contributed by atoms with Crippen molar-refractivity contribution in [1.82, 2.24) is 10.3 Å². The van der Waals surface area contributed by atoms with Crippen LogP contribution in [-0.4, -0.2) is 29.3 Å². The van der Waals surface area contributed by atoms with Gasteiger partial charge in [0.15, 0.2) is 0 Å². The number of ether oxygens (including phenoxy) is 1. The molecular weight excluding hydrogens is 376 g/mol. The van der Waals surface area contributed by atoms with E-state index in [9.17, 15) is 4.79 Å². The van der Waals surface area contributed by atoms with Crippen molar-refractivity contribution < 1.29 is 9.53 Å². The molecule has 3 rings (SSSR count). The average molecular weight is 397 g/mol. The molecule has 0 unspecified atom stereocenters. The minimum atomic E-state index is -0.129. The highest BCUT2D eigenvalue weighted by Crippen LogP contribution is 2.35. The number of aryl methyl sites for hydroxylation is 1. The van der Waals surface area contributed by atoms with E-state index < -0.39 is 0 Å². The van der Waals surface area contributed by atoms with Gasteiger partial charge in [0.1, 0.15) is 10.1 Å². The first-order valence-corrected chi connectivity index (χ1v) is 10.4. The normalized spacial score (nSPS) is 20.3. The maximum atomic E-state index is 12.5. The summed E-state index contributed by atoms with van der Waals surface area (Å²) in [5.74, 6) is 0.392. The third kappa shape index (κ3) is 4.68. The van der Waals surface area contributed by atoms with Gasteiger partial charge >= 0.3 is 0 Å². The number of amides is 1. The smallest absolute Gasteiger partial charge is 0.253 e. The van der Waals surface area contributed by atoms with Gasteiger partial charge < -0.3 is 10.1 Å². The second kappa shape index (κ2) is 8.43. The average Bonchev–Trinajstić information content (AvgIpc) is 3.01. The van der Waals surface area contributed by atoms with E-state index in [1.807, 2.05) is 18.7 Å². The molecule has 4 nitrogen and oxygen atoms in total. The number of hydrogen-bond donors (Lipinski definition) is 1. The van der Waals surface area contributed by atoms with Crippen molar-refractivity contribution in [3.63, 3.8) is 0 Å². The highest BCUT2D eigenvalue weighted by molar-refractivity contribution is 8.01. The minimum absolute atomic E-state index is 0.129. The van der Waals surface area contributed by atoms with Crippen LogP contribution in [0.1, 0.15) is 41.7 Å². The number of thioether (sulfide) groups is 1. The fraction of sp³-hybridized carbons (Fsp3) is 0.444. The summed E-state index contributed by atoms with van der Waals surface area (Å²) >= 11 is 9.82. The molecule has 0 spiro atoms. The minimum Gasteiger partial charge on any atom is -0.495 e. The fourth-order valence-electron chi connectivity index (χ4n) is 2.96.